The lowest BCUT2D eigenvalue weighted by molar-refractivity contribution is -0.274. The molecular weight excluding hydrogens is 451 g/mol. The zero-order valence-corrected chi connectivity index (χ0v) is 18.3. The molecule has 2 aliphatic heterocycles. The molecule has 180 valence electrons. The van der Waals surface area contributed by atoms with Gasteiger partial charge in [0.15, 0.2) is 0 Å². The van der Waals surface area contributed by atoms with Crippen molar-refractivity contribution in [2.75, 3.05) is 11.9 Å². The molecule has 0 saturated carbocycles. The predicted octanol–water partition coefficient (Wildman–Crippen LogP) is 4.47. The number of carbonyl (C=O) groups excluding carboxylic acids is 3. The summed E-state index contributed by atoms with van der Waals surface area (Å²) in [7, 11) is 0. The van der Waals surface area contributed by atoms with Gasteiger partial charge in [-0.15, -0.1) is 13.2 Å². The maximum Gasteiger partial charge on any atom is 0.573 e. The summed E-state index contributed by atoms with van der Waals surface area (Å²) in [6.07, 6.45) is -2.24. The van der Waals surface area contributed by atoms with Crippen LogP contribution in [0.1, 0.15) is 36.8 Å². The molecule has 0 bridgehead atoms. The Morgan fingerprint density at radius 1 is 1.00 bits per heavy atom. The summed E-state index contributed by atoms with van der Waals surface area (Å²) < 4.78 is 40.4. The number of imide groups is 1. The lowest BCUT2D eigenvalue weighted by Gasteiger charge is -2.28. The Morgan fingerprint density at radius 2 is 1.71 bits per heavy atom. The van der Waals surface area contributed by atoms with E-state index in [2.05, 4.69) is 10.1 Å². The number of anilines is 1. The molecule has 1 unspecified atom stereocenters. The van der Waals surface area contributed by atoms with Gasteiger partial charge in [0.1, 0.15) is 11.8 Å². The molecule has 2 aromatic carbocycles. The van der Waals surface area contributed by atoms with E-state index in [1.165, 1.54) is 17.0 Å². The molecule has 0 aromatic heterocycles. The van der Waals surface area contributed by atoms with Crippen LogP contribution in [0.3, 0.4) is 0 Å². The molecule has 1 fully saturated rings. The van der Waals surface area contributed by atoms with Crippen molar-refractivity contribution in [3.8, 4) is 5.75 Å². The number of nitrogens with zero attached hydrogens (tertiary/aromatic N) is 2. The van der Waals surface area contributed by atoms with Gasteiger partial charge in [-0.3, -0.25) is 14.5 Å². The fourth-order valence-corrected chi connectivity index (χ4v) is 4.28. The number of nitrogens with one attached hydrogen (secondary N) is 1. The molecule has 34 heavy (non-hydrogen) atoms. The molecule has 0 aliphatic carbocycles. The minimum atomic E-state index is -4.77. The van der Waals surface area contributed by atoms with Crippen molar-refractivity contribution in [2.24, 2.45) is 0 Å². The van der Waals surface area contributed by atoms with E-state index in [9.17, 15) is 27.6 Å². The van der Waals surface area contributed by atoms with E-state index in [1.54, 1.807) is 4.90 Å². The number of ether oxygens (including phenoxy) is 1. The Morgan fingerprint density at radius 3 is 2.41 bits per heavy atom. The molecule has 10 heteroatoms. The molecule has 2 aromatic rings. The maximum atomic E-state index is 12.8. The topological polar surface area (TPSA) is 79.0 Å². The normalized spacial score (nSPS) is 17.4. The van der Waals surface area contributed by atoms with Gasteiger partial charge in [0, 0.05) is 31.6 Å². The van der Waals surface area contributed by atoms with Crippen LogP contribution in [-0.4, -0.2) is 46.6 Å². The smallest absolute Gasteiger partial charge is 0.406 e. The molecule has 4 rings (SSSR count). The Bertz CT molecular complexity index is 1030. The highest BCUT2D eigenvalue weighted by Gasteiger charge is 2.46. The summed E-state index contributed by atoms with van der Waals surface area (Å²) >= 11 is 0. The molecule has 1 saturated heterocycles. The van der Waals surface area contributed by atoms with Gasteiger partial charge in [-0.25, -0.2) is 4.79 Å². The first-order chi connectivity index (χ1) is 16.2. The van der Waals surface area contributed by atoms with Crippen molar-refractivity contribution in [3.63, 3.8) is 0 Å². The first-order valence-electron chi connectivity index (χ1n) is 11.1. The third-order valence-electron chi connectivity index (χ3n) is 5.93. The van der Waals surface area contributed by atoms with E-state index < -0.39 is 12.4 Å². The summed E-state index contributed by atoms with van der Waals surface area (Å²) in [5, 5.41) is 2.62. The fraction of sp³-hybridized carbons (Fsp3) is 0.375. The van der Waals surface area contributed by atoms with Gasteiger partial charge in [-0.2, -0.15) is 0 Å². The van der Waals surface area contributed by atoms with E-state index in [4.69, 9.17) is 0 Å². The van der Waals surface area contributed by atoms with Gasteiger partial charge < -0.3 is 15.0 Å². The predicted molar refractivity (Wildman–Crippen MR) is 117 cm³/mol. The van der Waals surface area contributed by atoms with Crippen LogP contribution in [0, 0.1) is 0 Å². The van der Waals surface area contributed by atoms with Crippen LogP contribution < -0.4 is 10.1 Å². The first kappa shape index (κ1) is 23.6. The number of urea groups is 1. The number of hydrogen-bond acceptors (Lipinski definition) is 4. The van der Waals surface area contributed by atoms with Gasteiger partial charge in [-0.1, -0.05) is 30.7 Å². The van der Waals surface area contributed by atoms with Crippen LogP contribution in [0.15, 0.2) is 48.5 Å². The van der Waals surface area contributed by atoms with E-state index in [1.807, 2.05) is 24.3 Å². The maximum absolute atomic E-state index is 12.8. The van der Waals surface area contributed by atoms with Crippen LogP contribution in [0.25, 0.3) is 0 Å². The van der Waals surface area contributed by atoms with Gasteiger partial charge in [-0.05, 0) is 48.2 Å². The van der Waals surface area contributed by atoms with Crippen molar-refractivity contribution in [1.29, 1.82) is 0 Å². The van der Waals surface area contributed by atoms with E-state index in [-0.39, 0.29) is 30.0 Å². The number of benzene rings is 2. The average molecular weight is 475 g/mol. The highest BCUT2D eigenvalue weighted by atomic mass is 19.4. The molecule has 7 nitrogen and oxygen atoms in total. The minimum absolute atomic E-state index is 0.171. The van der Waals surface area contributed by atoms with Crippen molar-refractivity contribution < 1.29 is 32.3 Å². The zero-order chi connectivity index (χ0) is 24.3. The van der Waals surface area contributed by atoms with E-state index in [0.29, 0.717) is 44.5 Å². The fourth-order valence-electron chi connectivity index (χ4n) is 4.28. The Labute approximate surface area is 194 Å². The molecular formula is C24H24F3N3O4. The Kier molecular flexibility index (Phi) is 6.76. The Hall–Kier alpha value is -3.56. The van der Waals surface area contributed by atoms with Crippen LogP contribution in [0.2, 0.25) is 0 Å². The second kappa shape index (κ2) is 9.74. The van der Waals surface area contributed by atoms with Crippen LogP contribution in [0.4, 0.5) is 23.7 Å². The summed E-state index contributed by atoms with van der Waals surface area (Å²) in [6.45, 7) is 0.745. The number of fused-ring (bicyclic) bond motifs is 2. The third-order valence-corrected chi connectivity index (χ3v) is 5.93. The van der Waals surface area contributed by atoms with Gasteiger partial charge in [0.05, 0.1) is 0 Å². The standard InChI is InChI=1S/C24H24F3N3O4/c25-24(26,27)34-19-11-9-18(10-12-19)28-21(31)8-2-1-5-13-29-22(32)20-14-16-6-3-4-7-17(16)15-30(20)23(29)33/h3-4,6-7,9-12,20H,1-2,5,8,13-15H2,(H,28,31). The first-order valence-corrected chi connectivity index (χ1v) is 11.1. The quantitative estimate of drug-likeness (QED) is 0.451. The van der Waals surface area contributed by atoms with Gasteiger partial charge in [0.2, 0.25) is 5.91 Å². The SMILES string of the molecule is O=C(CCCCCN1C(=O)C2Cc3ccccc3CN2C1=O)Nc1ccc(OC(F)(F)F)cc1. The molecule has 2 aliphatic rings. The lowest BCUT2D eigenvalue weighted by atomic mass is 9.95. The highest BCUT2D eigenvalue weighted by molar-refractivity contribution is 6.04. The number of halogens is 3. The molecule has 0 spiro atoms. The minimum Gasteiger partial charge on any atom is -0.406 e. The molecule has 1 atom stereocenters. The second-order valence-corrected chi connectivity index (χ2v) is 8.32. The number of rotatable bonds is 8. The summed E-state index contributed by atoms with van der Waals surface area (Å²) in [4.78, 5) is 40.5. The number of unbranched alkanes of at least 4 members (excludes halogenated alkanes) is 2. The number of carbonyl (C=O) groups is 3. The number of alkyl halides is 3. The zero-order valence-electron chi connectivity index (χ0n) is 18.3. The van der Waals surface area contributed by atoms with Gasteiger partial charge >= 0.3 is 12.4 Å². The Balaban J connectivity index is 1.18. The van der Waals surface area contributed by atoms with Crippen molar-refractivity contribution >= 4 is 23.5 Å². The van der Waals surface area contributed by atoms with Crippen molar-refractivity contribution in [1.82, 2.24) is 9.80 Å². The second-order valence-electron chi connectivity index (χ2n) is 8.32. The number of amides is 4. The molecule has 0 radical (unpaired) electrons. The summed E-state index contributed by atoms with van der Waals surface area (Å²) in [5.74, 6) is -0.806. The van der Waals surface area contributed by atoms with Gasteiger partial charge in [0.25, 0.3) is 5.91 Å². The van der Waals surface area contributed by atoms with E-state index >= 15 is 0 Å². The van der Waals surface area contributed by atoms with E-state index in [0.717, 1.165) is 23.3 Å². The average Bonchev–Trinajstić information content (AvgIpc) is 3.02. The highest BCUT2D eigenvalue weighted by Crippen LogP contribution is 2.30. The third kappa shape index (κ3) is 5.49. The monoisotopic (exact) mass is 475 g/mol. The summed E-state index contributed by atoms with van der Waals surface area (Å²) in [6, 6.07) is 12.0. The molecule has 2 heterocycles. The van der Waals surface area contributed by atoms with Crippen LogP contribution >= 0.6 is 0 Å². The largest absolute Gasteiger partial charge is 0.573 e. The van der Waals surface area contributed by atoms with Crippen LogP contribution in [0.5, 0.6) is 5.75 Å². The molecule has 1 N–H and O–H groups in total. The van der Waals surface area contributed by atoms with Crippen molar-refractivity contribution in [3.05, 3.63) is 59.7 Å². The van der Waals surface area contributed by atoms with Crippen molar-refractivity contribution in [2.45, 2.75) is 51.1 Å². The summed E-state index contributed by atoms with van der Waals surface area (Å²) in [5.41, 5.74) is 2.53. The molecule has 4 amide bonds. The van der Waals surface area contributed by atoms with Crippen LogP contribution in [-0.2, 0) is 22.6 Å². The number of hydrogen-bond donors (Lipinski definition) is 1. The lowest BCUT2D eigenvalue weighted by Crippen LogP contribution is -2.39.